The van der Waals surface area contributed by atoms with Gasteiger partial charge in [-0.2, -0.15) is 0 Å². The Kier molecular flexibility index (Phi) is 130. The van der Waals surface area contributed by atoms with Gasteiger partial charge >= 0.3 is 65.7 Å². The Morgan fingerprint density at radius 3 is 1.00 bits per heavy atom. The predicted octanol–water partition coefficient (Wildman–Crippen LogP) is -3.02. The van der Waals surface area contributed by atoms with Crippen molar-refractivity contribution in [1.29, 1.82) is 0 Å². The van der Waals surface area contributed by atoms with Crippen molar-refractivity contribution in [2.45, 2.75) is 0 Å². The summed E-state index contributed by atoms with van der Waals surface area (Å²) >= 11 is 0. The summed E-state index contributed by atoms with van der Waals surface area (Å²) in [7, 11) is 0. The number of rotatable bonds is 0. The van der Waals surface area contributed by atoms with Crippen molar-refractivity contribution in [3.05, 3.63) is 0 Å². The zero-order valence-electron chi connectivity index (χ0n) is 1.40. The number of hydrogen-bond acceptors (Lipinski definition) is 0. The molecule has 0 aliphatic heterocycles. The molecular formula is H7GeMnSbTe. The molecule has 0 unspecified atom stereocenters. The van der Waals surface area contributed by atoms with Crippen LogP contribution in [0.2, 0.25) is 0 Å². The van der Waals surface area contributed by atoms with Crippen LogP contribution in [0.25, 0.3) is 0 Å². The van der Waals surface area contributed by atoms with Gasteiger partial charge in [-0.05, 0) is 0 Å². The van der Waals surface area contributed by atoms with E-state index in [9.17, 15) is 0 Å². The fraction of sp³-hybridized carbons (Fsp3) is 0. The van der Waals surface area contributed by atoms with Crippen molar-refractivity contribution >= 4 is 65.7 Å². The Morgan fingerprint density at radius 1 is 1.00 bits per heavy atom. The first kappa shape index (κ1) is 30.1. The van der Waals surface area contributed by atoms with Crippen LogP contribution in [0, 0.1) is 0 Å². The van der Waals surface area contributed by atoms with E-state index < -0.39 is 0 Å². The van der Waals surface area contributed by atoms with Crippen molar-refractivity contribution in [1.82, 2.24) is 0 Å². The van der Waals surface area contributed by atoms with Crippen molar-refractivity contribution in [2.24, 2.45) is 0 Å². The van der Waals surface area contributed by atoms with Crippen molar-refractivity contribution in [2.75, 3.05) is 0 Å². The normalized spacial score (nSPS) is 0. The van der Waals surface area contributed by atoms with Crippen LogP contribution in [0.3, 0.4) is 0 Å². The molecule has 0 aromatic rings. The van der Waals surface area contributed by atoms with E-state index in [4.69, 9.17) is 0 Å². The molecule has 0 saturated heterocycles. The maximum absolute atomic E-state index is 0. The molecule has 0 aromatic heterocycles. The zero-order valence-corrected chi connectivity index (χ0v) is 8.43. The van der Waals surface area contributed by atoms with Gasteiger partial charge < -0.3 is 0 Å². The molecular weight excluding hydrogens is 377 g/mol. The first-order valence-electron chi connectivity index (χ1n) is 0. The second-order valence-corrected chi connectivity index (χ2v) is 0. The van der Waals surface area contributed by atoms with Crippen LogP contribution in [0.5, 0.6) is 0 Å². The third-order valence-corrected chi connectivity index (χ3v) is 0. The quantitative estimate of drug-likeness (QED) is 0.391. The molecule has 0 aliphatic rings. The Bertz CT molecular complexity index is 8.00. The van der Waals surface area contributed by atoms with Crippen LogP contribution >= 0.6 is 0 Å². The zero-order chi connectivity index (χ0) is 0. The molecule has 0 aliphatic carbocycles. The maximum atomic E-state index is 0. The van der Waals surface area contributed by atoms with Gasteiger partial charge in [0, 0.05) is 17.1 Å². The summed E-state index contributed by atoms with van der Waals surface area (Å²) in [4.78, 5) is 0. The molecule has 0 amide bonds. The molecule has 29 valence electrons. The van der Waals surface area contributed by atoms with Gasteiger partial charge in [-0.3, -0.25) is 0 Å². The van der Waals surface area contributed by atoms with E-state index in [-0.39, 0.29) is 82.8 Å². The van der Waals surface area contributed by atoms with Crippen molar-refractivity contribution in [3.63, 3.8) is 0 Å². The summed E-state index contributed by atoms with van der Waals surface area (Å²) in [6, 6.07) is 0. The first-order chi connectivity index (χ1) is 0. The van der Waals surface area contributed by atoms with Gasteiger partial charge in [0.15, 0.2) is 0 Å². The minimum atomic E-state index is 0. The van der Waals surface area contributed by atoms with Gasteiger partial charge in [0.1, 0.15) is 0 Å². The molecule has 0 atom stereocenters. The molecule has 3 radical (unpaired) electrons. The van der Waals surface area contributed by atoms with Crippen LogP contribution in [-0.2, 0) is 17.1 Å². The van der Waals surface area contributed by atoms with Crippen molar-refractivity contribution in [3.8, 4) is 0 Å². The van der Waals surface area contributed by atoms with E-state index in [1.54, 1.807) is 0 Å². The Morgan fingerprint density at radius 2 is 1.00 bits per heavy atom. The molecule has 4 heteroatoms. The molecule has 4 heavy (non-hydrogen) atoms. The van der Waals surface area contributed by atoms with Crippen LogP contribution in [-0.4, -0.2) is 65.7 Å². The molecule has 0 spiro atoms. The van der Waals surface area contributed by atoms with E-state index in [0.29, 0.717) is 0 Å². The molecule has 0 nitrogen and oxygen atoms in total. The van der Waals surface area contributed by atoms with Gasteiger partial charge in [0.05, 0.1) is 0 Å². The molecule has 0 fully saturated rings. The van der Waals surface area contributed by atoms with Gasteiger partial charge in [-0.1, -0.05) is 0 Å². The summed E-state index contributed by atoms with van der Waals surface area (Å²) in [5.74, 6) is 0. The third-order valence-electron chi connectivity index (χ3n) is 0. The Balaban J connectivity index is 0. The fourth-order valence-corrected chi connectivity index (χ4v) is 0. The SMILES string of the molecule is [GeH4].[Mn].[SbH2].[TeH]. The molecule has 0 rings (SSSR count). The predicted molar refractivity (Wildman–Crippen MR) is 27.0 cm³/mol. The minimum absolute atomic E-state index is 0. The summed E-state index contributed by atoms with van der Waals surface area (Å²) < 4.78 is 0. The van der Waals surface area contributed by atoms with E-state index in [1.807, 2.05) is 0 Å². The topological polar surface area (TPSA) is 0 Å². The van der Waals surface area contributed by atoms with Gasteiger partial charge in [0.2, 0.25) is 0 Å². The average Bonchev–Trinajstić information content (AvgIpc) is 0. The molecule has 0 aromatic carbocycles. The van der Waals surface area contributed by atoms with Crippen LogP contribution < -0.4 is 0 Å². The van der Waals surface area contributed by atoms with Gasteiger partial charge in [0.25, 0.3) is 0 Å². The Labute approximate surface area is 81.5 Å². The van der Waals surface area contributed by atoms with E-state index >= 15 is 0 Å². The standard InChI is InChI=1S/GeH4.Mn.Sb.HTe.2H/h1H4;;;1H;;. The monoisotopic (exact) mass is 387 g/mol. The summed E-state index contributed by atoms with van der Waals surface area (Å²) in [6.07, 6.45) is 0. The fourth-order valence-electron chi connectivity index (χ4n) is 0. The summed E-state index contributed by atoms with van der Waals surface area (Å²) in [5.41, 5.74) is 0. The third kappa shape index (κ3) is 8.82. The summed E-state index contributed by atoms with van der Waals surface area (Å²) in [5, 5.41) is 0. The Hall–Kier alpha value is 2.67. The van der Waals surface area contributed by atoms with Gasteiger partial charge in [-0.15, -0.1) is 0 Å². The second-order valence-electron chi connectivity index (χ2n) is 0. The summed E-state index contributed by atoms with van der Waals surface area (Å²) in [6.45, 7) is 0. The molecule has 0 N–H and O–H groups in total. The van der Waals surface area contributed by atoms with Gasteiger partial charge in [-0.25, -0.2) is 0 Å². The van der Waals surface area contributed by atoms with Crippen LogP contribution in [0.1, 0.15) is 0 Å². The first-order valence-corrected chi connectivity index (χ1v) is 0. The van der Waals surface area contributed by atoms with E-state index in [1.165, 1.54) is 0 Å². The van der Waals surface area contributed by atoms with E-state index in [2.05, 4.69) is 0 Å². The van der Waals surface area contributed by atoms with Crippen LogP contribution in [0.15, 0.2) is 0 Å². The molecule has 0 saturated carbocycles. The van der Waals surface area contributed by atoms with E-state index in [0.717, 1.165) is 0 Å². The van der Waals surface area contributed by atoms with Crippen LogP contribution in [0.4, 0.5) is 0 Å². The average molecular weight is 384 g/mol. The molecule has 0 bridgehead atoms. The van der Waals surface area contributed by atoms with Crippen molar-refractivity contribution < 1.29 is 17.1 Å². The number of hydrogen-bond donors (Lipinski definition) is 0. The second kappa shape index (κ2) is 17.3. The molecule has 0 heterocycles.